The molecule has 1 N–H and O–H groups in total. The molecule has 2 aromatic rings. The minimum absolute atomic E-state index is 0.0112. The Morgan fingerprint density at radius 3 is 2.23 bits per heavy atom. The van der Waals surface area contributed by atoms with Gasteiger partial charge in [0.1, 0.15) is 6.04 Å². The molecule has 0 aliphatic carbocycles. The molecule has 0 spiro atoms. The number of likely N-dealkylation sites (N-methyl/N-ethyl adjacent to an activating group) is 1. The van der Waals surface area contributed by atoms with Crippen molar-refractivity contribution in [3.05, 3.63) is 71.3 Å². The summed E-state index contributed by atoms with van der Waals surface area (Å²) in [7, 11) is 2.07. The van der Waals surface area contributed by atoms with Gasteiger partial charge in [0.25, 0.3) is 5.91 Å². The molecule has 0 radical (unpaired) electrons. The molecule has 30 heavy (non-hydrogen) atoms. The smallest absolute Gasteiger partial charge is 0.251 e. The second-order valence-electron chi connectivity index (χ2n) is 9.24. The van der Waals surface area contributed by atoms with Gasteiger partial charge in [-0.15, -0.1) is 0 Å². The van der Waals surface area contributed by atoms with E-state index in [4.69, 9.17) is 0 Å². The second-order valence-corrected chi connectivity index (χ2v) is 9.24. The van der Waals surface area contributed by atoms with E-state index in [-0.39, 0.29) is 23.3 Å². The number of piperazine rings is 1. The van der Waals surface area contributed by atoms with E-state index in [1.54, 1.807) is 6.92 Å². The minimum atomic E-state index is -0.589. The average Bonchev–Trinajstić information content (AvgIpc) is 2.73. The SMILES string of the molecule is CC(NC(=O)c1ccc(C(C)(C)C)cc1)C(=O)N1CCN(C)CC1c1ccccc1. The first-order valence-electron chi connectivity index (χ1n) is 10.6. The Labute approximate surface area is 180 Å². The minimum Gasteiger partial charge on any atom is -0.341 e. The zero-order chi connectivity index (χ0) is 21.9. The van der Waals surface area contributed by atoms with Crippen molar-refractivity contribution < 1.29 is 9.59 Å². The quantitative estimate of drug-likeness (QED) is 0.842. The number of rotatable bonds is 4. The topological polar surface area (TPSA) is 52.7 Å². The summed E-state index contributed by atoms with van der Waals surface area (Å²) < 4.78 is 0. The van der Waals surface area contributed by atoms with E-state index in [1.807, 2.05) is 47.4 Å². The normalized spacial score (nSPS) is 18.7. The van der Waals surface area contributed by atoms with Gasteiger partial charge >= 0.3 is 0 Å². The van der Waals surface area contributed by atoms with Gasteiger partial charge in [-0.05, 0) is 42.6 Å². The Balaban J connectivity index is 1.70. The van der Waals surface area contributed by atoms with Gasteiger partial charge in [0.05, 0.1) is 6.04 Å². The van der Waals surface area contributed by atoms with Crippen molar-refractivity contribution >= 4 is 11.8 Å². The fraction of sp³-hybridized carbons (Fsp3) is 0.440. The number of nitrogens with one attached hydrogen (secondary N) is 1. The largest absolute Gasteiger partial charge is 0.341 e. The van der Waals surface area contributed by atoms with Crippen LogP contribution in [0.1, 0.15) is 55.2 Å². The van der Waals surface area contributed by atoms with Gasteiger partial charge in [0.15, 0.2) is 0 Å². The molecule has 1 heterocycles. The zero-order valence-corrected chi connectivity index (χ0v) is 18.7. The van der Waals surface area contributed by atoms with Crippen LogP contribution < -0.4 is 5.32 Å². The maximum Gasteiger partial charge on any atom is 0.251 e. The number of amides is 2. The first-order chi connectivity index (χ1) is 14.2. The molecule has 160 valence electrons. The zero-order valence-electron chi connectivity index (χ0n) is 18.7. The molecule has 2 atom stereocenters. The number of carbonyl (C=O) groups excluding carboxylic acids is 2. The Hall–Kier alpha value is -2.66. The van der Waals surface area contributed by atoms with E-state index in [9.17, 15) is 9.59 Å². The first-order valence-corrected chi connectivity index (χ1v) is 10.6. The van der Waals surface area contributed by atoms with E-state index in [1.165, 1.54) is 5.56 Å². The van der Waals surface area contributed by atoms with E-state index < -0.39 is 6.04 Å². The highest BCUT2D eigenvalue weighted by Gasteiger charge is 2.33. The Bertz CT molecular complexity index is 872. The molecule has 0 bridgehead atoms. The van der Waals surface area contributed by atoms with Crippen molar-refractivity contribution in [2.75, 3.05) is 26.7 Å². The van der Waals surface area contributed by atoms with Gasteiger partial charge < -0.3 is 15.1 Å². The summed E-state index contributed by atoms with van der Waals surface area (Å²) in [4.78, 5) is 30.1. The monoisotopic (exact) mass is 407 g/mol. The van der Waals surface area contributed by atoms with Crippen molar-refractivity contribution in [1.29, 1.82) is 0 Å². The fourth-order valence-corrected chi connectivity index (χ4v) is 3.86. The summed E-state index contributed by atoms with van der Waals surface area (Å²) >= 11 is 0. The molecule has 2 unspecified atom stereocenters. The average molecular weight is 408 g/mol. The summed E-state index contributed by atoms with van der Waals surface area (Å²) in [5.74, 6) is -0.265. The summed E-state index contributed by atoms with van der Waals surface area (Å²) in [6, 6.07) is 17.1. The Morgan fingerprint density at radius 1 is 1.00 bits per heavy atom. The molecule has 1 fully saturated rings. The van der Waals surface area contributed by atoms with Crippen molar-refractivity contribution in [2.45, 2.75) is 45.2 Å². The fourth-order valence-electron chi connectivity index (χ4n) is 3.86. The molecule has 1 saturated heterocycles. The molecule has 0 aromatic heterocycles. The molecular weight excluding hydrogens is 374 g/mol. The maximum atomic E-state index is 13.2. The van der Waals surface area contributed by atoms with Crippen molar-refractivity contribution in [2.24, 2.45) is 0 Å². The van der Waals surface area contributed by atoms with Gasteiger partial charge in [-0.2, -0.15) is 0 Å². The van der Waals surface area contributed by atoms with Crippen LogP contribution in [0.3, 0.4) is 0 Å². The van der Waals surface area contributed by atoms with Crippen LogP contribution in [-0.2, 0) is 10.2 Å². The molecule has 2 aromatic carbocycles. The highest BCUT2D eigenvalue weighted by molar-refractivity contribution is 5.97. The van der Waals surface area contributed by atoms with Crippen molar-refractivity contribution in [3.8, 4) is 0 Å². The predicted molar refractivity (Wildman–Crippen MR) is 120 cm³/mol. The van der Waals surface area contributed by atoms with Gasteiger partial charge in [-0.3, -0.25) is 9.59 Å². The van der Waals surface area contributed by atoms with E-state index in [2.05, 4.69) is 50.2 Å². The van der Waals surface area contributed by atoms with Crippen LogP contribution in [0.25, 0.3) is 0 Å². The third-order valence-electron chi connectivity index (χ3n) is 5.78. The number of benzene rings is 2. The first kappa shape index (κ1) is 22.0. The summed E-state index contributed by atoms with van der Waals surface area (Å²) in [5, 5.41) is 2.89. The van der Waals surface area contributed by atoms with Crippen molar-refractivity contribution in [1.82, 2.24) is 15.1 Å². The third kappa shape index (κ3) is 5.08. The van der Waals surface area contributed by atoms with Gasteiger partial charge in [-0.25, -0.2) is 0 Å². The van der Waals surface area contributed by atoms with Gasteiger partial charge in [0.2, 0.25) is 5.91 Å². The lowest BCUT2D eigenvalue weighted by Gasteiger charge is -2.41. The highest BCUT2D eigenvalue weighted by atomic mass is 16.2. The lowest BCUT2D eigenvalue weighted by Crippen LogP contribution is -2.54. The van der Waals surface area contributed by atoms with Crippen LogP contribution in [0.4, 0.5) is 0 Å². The molecule has 1 aliphatic rings. The van der Waals surface area contributed by atoms with Gasteiger partial charge in [0, 0.05) is 25.2 Å². The van der Waals surface area contributed by atoms with E-state index >= 15 is 0 Å². The molecule has 3 rings (SSSR count). The molecule has 5 nitrogen and oxygen atoms in total. The van der Waals surface area contributed by atoms with Crippen LogP contribution in [-0.4, -0.2) is 54.3 Å². The third-order valence-corrected chi connectivity index (χ3v) is 5.78. The molecular formula is C25H33N3O2. The number of carbonyl (C=O) groups is 2. The maximum absolute atomic E-state index is 13.2. The lowest BCUT2D eigenvalue weighted by atomic mass is 9.86. The Morgan fingerprint density at radius 2 is 1.63 bits per heavy atom. The molecule has 2 amide bonds. The molecule has 0 saturated carbocycles. The summed E-state index contributed by atoms with van der Waals surface area (Å²) in [6.07, 6.45) is 0. The van der Waals surface area contributed by atoms with Crippen LogP contribution in [0.15, 0.2) is 54.6 Å². The van der Waals surface area contributed by atoms with E-state index in [0.717, 1.165) is 18.7 Å². The Kier molecular flexibility index (Phi) is 6.61. The summed E-state index contributed by atoms with van der Waals surface area (Å²) in [5.41, 5.74) is 2.90. The number of hydrogen-bond acceptors (Lipinski definition) is 3. The highest BCUT2D eigenvalue weighted by Crippen LogP contribution is 2.26. The summed E-state index contributed by atoms with van der Waals surface area (Å²) in [6.45, 7) is 10.4. The van der Waals surface area contributed by atoms with Crippen LogP contribution in [0, 0.1) is 0 Å². The van der Waals surface area contributed by atoms with Crippen molar-refractivity contribution in [3.63, 3.8) is 0 Å². The van der Waals surface area contributed by atoms with Gasteiger partial charge in [-0.1, -0.05) is 63.2 Å². The number of nitrogens with zero attached hydrogens (tertiary/aromatic N) is 2. The molecule has 1 aliphatic heterocycles. The standard InChI is InChI=1S/C25H33N3O2/c1-18(26-23(29)20-11-13-21(14-12-20)25(2,3)4)24(30)28-16-15-27(5)17-22(28)19-9-7-6-8-10-19/h6-14,18,22H,15-17H2,1-5H3,(H,26,29). The van der Waals surface area contributed by atoms with Crippen LogP contribution in [0.5, 0.6) is 0 Å². The van der Waals surface area contributed by atoms with Crippen LogP contribution in [0.2, 0.25) is 0 Å². The predicted octanol–water partition coefficient (Wildman–Crippen LogP) is 3.62. The number of hydrogen-bond donors (Lipinski definition) is 1. The van der Waals surface area contributed by atoms with E-state index in [0.29, 0.717) is 12.1 Å². The second kappa shape index (κ2) is 9.00. The molecule has 5 heteroatoms. The van der Waals surface area contributed by atoms with Crippen LogP contribution >= 0.6 is 0 Å². The lowest BCUT2D eigenvalue weighted by molar-refractivity contribution is -0.137.